The summed E-state index contributed by atoms with van der Waals surface area (Å²) in [4.78, 5) is 19.5. The van der Waals surface area contributed by atoms with E-state index in [0.29, 0.717) is 35.7 Å². The van der Waals surface area contributed by atoms with E-state index in [2.05, 4.69) is 11.7 Å². The van der Waals surface area contributed by atoms with Gasteiger partial charge in [0.05, 0.1) is 47.9 Å². The first-order valence-corrected chi connectivity index (χ1v) is 15.6. The van der Waals surface area contributed by atoms with Crippen molar-refractivity contribution in [2.75, 3.05) is 26.9 Å². The Labute approximate surface area is 267 Å². The molecule has 9 nitrogen and oxygen atoms in total. The van der Waals surface area contributed by atoms with Crippen LogP contribution in [0.1, 0.15) is 18.7 Å². The molecule has 2 aromatic carbocycles. The van der Waals surface area contributed by atoms with Crippen LogP contribution in [0.4, 0.5) is 8.78 Å². The van der Waals surface area contributed by atoms with Gasteiger partial charge in [0.15, 0.2) is 0 Å². The van der Waals surface area contributed by atoms with Crippen LogP contribution in [-0.4, -0.2) is 62.2 Å². The van der Waals surface area contributed by atoms with Gasteiger partial charge in [-0.25, -0.2) is 13.8 Å². The molecule has 1 atom stereocenters. The predicted molar refractivity (Wildman–Crippen MR) is 174 cm³/mol. The van der Waals surface area contributed by atoms with E-state index in [9.17, 15) is 9.18 Å². The number of hydrogen-bond acceptors (Lipinski definition) is 7. The highest BCUT2D eigenvalue weighted by molar-refractivity contribution is 7.18. The summed E-state index contributed by atoms with van der Waals surface area (Å²) in [6.45, 7) is 6.74. The van der Waals surface area contributed by atoms with Crippen LogP contribution in [0.15, 0.2) is 66.7 Å². The summed E-state index contributed by atoms with van der Waals surface area (Å²) in [5.41, 5.74) is 4.76. The Hall–Kier alpha value is -4.94. The lowest BCUT2D eigenvalue weighted by molar-refractivity contribution is -0.127. The second kappa shape index (κ2) is 11.8. The maximum absolute atomic E-state index is 16.0. The predicted octanol–water partition coefficient (Wildman–Crippen LogP) is 6.77. The van der Waals surface area contributed by atoms with Crippen molar-refractivity contribution >= 4 is 38.2 Å². The van der Waals surface area contributed by atoms with Crippen LogP contribution in [-0.2, 0) is 23.1 Å². The van der Waals surface area contributed by atoms with E-state index >= 15 is 4.39 Å². The fourth-order valence-electron chi connectivity index (χ4n) is 6.12. The Balaban J connectivity index is 1.50. The molecule has 1 aliphatic heterocycles. The van der Waals surface area contributed by atoms with Gasteiger partial charge in [0.25, 0.3) is 0 Å². The van der Waals surface area contributed by atoms with Crippen molar-refractivity contribution in [3.8, 4) is 39.5 Å². The molecule has 0 aliphatic carbocycles. The largest absolute Gasteiger partial charge is 0.490 e. The standard InChI is InChI=1S/C34H30F2N6O3S/c1-5-29(43)41-17-19(2)42-23(18-41)15-26(39-42)33-31(30-25(36)13-22(35)14-28(30)45-10-9-44-4)34-24(8-11-46-34)32(38-33)20-6-7-27-21(12-20)16-37-40(27)3/h5-8,11-16,19H,1,9-10,17-18H2,2-4H3/t19-/m0/s1. The maximum atomic E-state index is 16.0. The zero-order valence-corrected chi connectivity index (χ0v) is 26.3. The Morgan fingerprint density at radius 3 is 2.78 bits per heavy atom. The van der Waals surface area contributed by atoms with Gasteiger partial charge in [0.1, 0.15) is 35.4 Å². The van der Waals surface area contributed by atoms with Gasteiger partial charge >= 0.3 is 0 Å². The molecule has 0 unspecified atom stereocenters. The minimum Gasteiger partial charge on any atom is -0.490 e. The Bertz CT molecular complexity index is 2150. The number of hydrogen-bond donors (Lipinski definition) is 0. The van der Waals surface area contributed by atoms with Crippen LogP contribution < -0.4 is 4.74 Å². The number of aryl methyl sites for hydroxylation is 1. The summed E-state index contributed by atoms with van der Waals surface area (Å²) in [6, 6.07) is 11.8. The average molecular weight is 641 g/mol. The average Bonchev–Trinajstić information content (AvgIpc) is 3.79. The maximum Gasteiger partial charge on any atom is 0.246 e. The Morgan fingerprint density at radius 2 is 1.98 bits per heavy atom. The molecule has 234 valence electrons. The van der Waals surface area contributed by atoms with Crippen molar-refractivity contribution in [2.45, 2.75) is 19.5 Å². The van der Waals surface area contributed by atoms with Crippen LogP contribution in [0.3, 0.4) is 0 Å². The van der Waals surface area contributed by atoms with Gasteiger partial charge in [-0.05, 0) is 42.6 Å². The van der Waals surface area contributed by atoms with Crippen LogP contribution in [0.5, 0.6) is 5.75 Å². The summed E-state index contributed by atoms with van der Waals surface area (Å²) in [5, 5.41) is 13.0. The smallest absolute Gasteiger partial charge is 0.246 e. The van der Waals surface area contributed by atoms with Gasteiger partial charge in [-0.3, -0.25) is 14.2 Å². The zero-order chi connectivity index (χ0) is 32.1. The number of carbonyl (C=O) groups is 1. The van der Waals surface area contributed by atoms with Gasteiger partial charge in [-0.2, -0.15) is 10.2 Å². The molecule has 12 heteroatoms. The van der Waals surface area contributed by atoms with E-state index in [4.69, 9.17) is 19.6 Å². The number of amides is 1. The number of ether oxygens (including phenoxy) is 2. The highest BCUT2D eigenvalue weighted by Crippen LogP contribution is 2.47. The van der Waals surface area contributed by atoms with Crippen molar-refractivity contribution in [3.05, 3.63) is 84.0 Å². The molecule has 4 aromatic heterocycles. The third-order valence-electron chi connectivity index (χ3n) is 8.24. The highest BCUT2D eigenvalue weighted by atomic mass is 32.1. The van der Waals surface area contributed by atoms with E-state index in [1.54, 1.807) is 15.8 Å². The van der Waals surface area contributed by atoms with E-state index < -0.39 is 11.6 Å². The molecule has 1 amide bonds. The van der Waals surface area contributed by atoms with Crippen LogP contribution in [0, 0.1) is 11.6 Å². The summed E-state index contributed by atoms with van der Waals surface area (Å²) in [5.74, 6) is -1.67. The lowest BCUT2D eigenvalue weighted by Gasteiger charge is -2.31. The zero-order valence-electron chi connectivity index (χ0n) is 25.5. The number of fused-ring (bicyclic) bond motifs is 3. The van der Waals surface area contributed by atoms with Crippen LogP contribution in [0.2, 0.25) is 0 Å². The number of benzene rings is 2. The van der Waals surface area contributed by atoms with Gasteiger partial charge in [0.2, 0.25) is 5.91 Å². The van der Waals surface area contributed by atoms with Crippen molar-refractivity contribution in [1.82, 2.24) is 29.4 Å². The number of methoxy groups -OCH3 is 1. The molecule has 0 saturated heterocycles. The summed E-state index contributed by atoms with van der Waals surface area (Å²) < 4.78 is 46.1. The van der Waals surface area contributed by atoms with Crippen molar-refractivity contribution in [2.24, 2.45) is 7.05 Å². The molecule has 0 spiro atoms. The molecule has 46 heavy (non-hydrogen) atoms. The quantitative estimate of drug-likeness (QED) is 0.135. The summed E-state index contributed by atoms with van der Waals surface area (Å²) in [6.07, 6.45) is 3.11. The van der Waals surface area contributed by atoms with E-state index in [0.717, 1.165) is 38.3 Å². The molecule has 0 bridgehead atoms. The number of pyridine rings is 1. The summed E-state index contributed by atoms with van der Waals surface area (Å²) >= 11 is 1.43. The van der Waals surface area contributed by atoms with E-state index in [1.807, 2.05) is 54.4 Å². The topological polar surface area (TPSA) is 87.3 Å². The molecule has 0 N–H and O–H groups in total. The normalized spacial score (nSPS) is 14.6. The molecular weight excluding hydrogens is 610 g/mol. The summed E-state index contributed by atoms with van der Waals surface area (Å²) in [7, 11) is 3.42. The monoisotopic (exact) mass is 640 g/mol. The van der Waals surface area contributed by atoms with Gasteiger partial charge in [-0.15, -0.1) is 11.3 Å². The van der Waals surface area contributed by atoms with Gasteiger partial charge < -0.3 is 14.4 Å². The molecular formula is C34H30F2N6O3S. The lowest BCUT2D eigenvalue weighted by Crippen LogP contribution is -2.39. The molecule has 0 radical (unpaired) electrons. The number of nitrogens with zero attached hydrogens (tertiary/aromatic N) is 6. The fraction of sp³-hybridized carbons (Fsp3) is 0.235. The fourth-order valence-corrected chi connectivity index (χ4v) is 7.06. The Kier molecular flexibility index (Phi) is 7.61. The van der Waals surface area contributed by atoms with Crippen molar-refractivity contribution < 1.29 is 23.0 Å². The molecule has 6 aromatic rings. The third-order valence-corrected chi connectivity index (χ3v) is 9.17. The van der Waals surface area contributed by atoms with Crippen LogP contribution >= 0.6 is 11.3 Å². The van der Waals surface area contributed by atoms with Gasteiger partial charge in [-0.1, -0.05) is 12.6 Å². The first-order chi connectivity index (χ1) is 22.3. The number of thiophene rings is 1. The number of rotatable bonds is 8. The highest BCUT2D eigenvalue weighted by Gasteiger charge is 2.30. The second-order valence-corrected chi connectivity index (χ2v) is 12.1. The molecule has 0 saturated carbocycles. The Morgan fingerprint density at radius 1 is 1.13 bits per heavy atom. The van der Waals surface area contributed by atoms with Crippen molar-refractivity contribution in [1.29, 1.82) is 0 Å². The number of aromatic nitrogens is 5. The minimum absolute atomic E-state index is 0.0388. The first kappa shape index (κ1) is 29.8. The van der Waals surface area contributed by atoms with Gasteiger partial charge in [0, 0.05) is 59.4 Å². The van der Waals surface area contributed by atoms with E-state index in [1.165, 1.54) is 30.6 Å². The molecule has 7 rings (SSSR count). The lowest BCUT2D eigenvalue weighted by atomic mass is 9.96. The SMILES string of the molecule is C=CC(=O)N1Cc2cc(-c3nc(-c4ccc5c(cnn5C)c4)c4ccsc4c3-c3c(F)cc(F)cc3OCCOC)nn2[C@@H](C)C1. The molecule has 0 fully saturated rings. The number of halogens is 2. The third kappa shape index (κ3) is 5.03. The minimum atomic E-state index is -0.783. The molecule has 5 heterocycles. The van der Waals surface area contributed by atoms with E-state index in [-0.39, 0.29) is 36.5 Å². The first-order valence-electron chi connectivity index (χ1n) is 14.7. The second-order valence-electron chi connectivity index (χ2n) is 11.2. The number of carbonyl (C=O) groups excluding carboxylic acids is 1. The molecule has 1 aliphatic rings. The van der Waals surface area contributed by atoms with Crippen LogP contribution in [0.25, 0.3) is 54.8 Å². The van der Waals surface area contributed by atoms with Crippen molar-refractivity contribution in [3.63, 3.8) is 0 Å².